The minimum Gasteiger partial charge on any atom is -0.320 e. The second-order valence-corrected chi connectivity index (χ2v) is 5.82. The highest BCUT2D eigenvalue weighted by molar-refractivity contribution is 9.10. The quantitative estimate of drug-likeness (QED) is 0.465. The number of halogens is 5. The molecule has 0 aliphatic heterocycles. The van der Waals surface area contributed by atoms with Crippen molar-refractivity contribution in [2.75, 3.05) is 11.4 Å². The highest BCUT2D eigenvalue weighted by Crippen LogP contribution is 2.33. The molecule has 0 aliphatic carbocycles. The lowest BCUT2D eigenvalue weighted by Gasteiger charge is -2.24. The number of anilines is 2. The summed E-state index contributed by atoms with van der Waals surface area (Å²) < 4.78 is 40.9. The molecule has 0 aromatic carbocycles. The van der Waals surface area contributed by atoms with E-state index >= 15 is 0 Å². The van der Waals surface area contributed by atoms with Crippen molar-refractivity contribution in [2.45, 2.75) is 6.43 Å². The largest absolute Gasteiger partial charge is 0.320 e. The van der Waals surface area contributed by atoms with Gasteiger partial charge in [0.05, 0.1) is 29.8 Å². The van der Waals surface area contributed by atoms with Gasteiger partial charge in [0.15, 0.2) is 5.82 Å². The van der Waals surface area contributed by atoms with Crippen LogP contribution in [0.3, 0.4) is 0 Å². The Morgan fingerprint density at radius 3 is 2.75 bits per heavy atom. The van der Waals surface area contributed by atoms with Gasteiger partial charge < -0.3 is 4.90 Å². The normalized spacial score (nSPS) is 11.2. The third-order valence-electron chi connectivity index (χ3n) is 3.11. The predicted octanol–water partition coefficient (Wildman–Crippen LogP) is 4.38. The van der Waals surface area contributed by atoms with Gasteiger partial charge in [-0.2, -0.15) is 4.98 Å². The van der Waals surface area contributed by atoms with Crippen LogP contribution in [0.5, 0.6) is 0 Å². The minimum atomic E-state index is -2.69. The fraction of sp³-hybridized carbons (Fsp3) is 0.143. The van der Waals surface area contributed by atoms with Gasteiger partial charge in [-0.15, -0.1) is 0 Å². The molecule has 0 unspecified atom stereocenters. The number of hydrogen-bond acceptors (Lipinski definition) is 5. The molecular weight excluding hydrogens is 411 g/mol. The molecule has 3 aromatic heterocycles. The molecule has 3 aromatic rings. The first-order valence-electron chi connectivity index (χ1n) is 6.59. The van der Waals surface area contributed by atoms with Gasteiger partial charge >= 0.3 is 0 Å². The number of alkyl halides is 2. The Hall–Kier alpha value is -2.00. The zero-order valence-corrected chi connectivity index (χ0v) is 14.1. The van der Waals surface area contributed by atoms with Gasteiger partial charge in [-0.1, -0.05) is 0 Å². The fourth-order valence-corrected chi connectivity index (χ4v) is 2.73. The van der Waals surface area contributed by atoms with Crippen molar-refractivity contribution in [3.05, 3.63) is 46.4 Å². The molecule has 10 heteroatoms. The molecule has 124 valence electrons. The first-order valence-corrected chi connectivity index (χ1v) is 7.77. The molecule has 0 saturated heterocycles. The van der Waals surface area contributed by atoms with Crippen LogP contribution in [0.1, 0.15) is 0 Å². The summed E-state index contributed by atoms with van der Waals surface area (Å²) in [6.07, 6.45) is 0.997. The Bertz CT molecular complexity index is 895. The molecular formula is C14H8BrClF3N5. The minimum absolute atomic E-state index is 0.0389. The molecule has 24 heavy (non-hydrogen) atoms. The van der Waals surface area contributed by atoms with Crippen molar-refractivity contribution in [3.8, 4) is 0 Å². The Labute approximate surface area is 147 Å². The number of fused-ring (bicyclic) bond motifs is 1. The van der Waals surface area contributed by atoms with Gasteiger partial charge in [0, 0.05) is 11.9 Å². The molecule has 3 heterocycles. The van der Waals surface area contributed by atoms with Crippen LogP contribution in [0, 0.1) is 5.82 Å². The molecule has 0 saturated carbocycles. The van der Waals surface area contributed by atoms with Crippen LogP contribution < -0.4 is 4.90 Å². The van der Waals surface area contributed by atoms with Crippen LogP contribution >= 0.6 is 27.5 Å². The van der Waals surface area contributed by atoms with Crippen molar-refractivity contribution in [1.29, 1.82) is 0 Å². The number of nitrogens with zero attached hydrogens (tertiary/aromatic N) is 5. The van der Waals surface area contributed by atoms with E-state index in [9.17, 15) is 13.2 Å². The van der Waals surface area contributed by atoms with Crippen LogP contribution in [-0.2, 0) is 0 Å². The van der Waals surface area contributed by atoms with Gasteiger partial charge in [0.2, 0.25) is 5.28 Å². The Balaban J connectivity index is 2.26. The molecule has 0 fully saturated rings. The topological polar surface area (TPSA) is 54.8 Å². The van der Waals surface area contributed by atoms with E-state index in [-0.39, 0.29) is 22.0 Å². The maximum atomic E-state index is 14.2. The number of aromatic nitrogens is 4. The average molecular weight is 419 g/mol. The summed E-state index contributed by atoms with van der Waals surface area (Å²) in [5.41, 5.74) is 0.474. The van der Waals surface area contributed by atoms with E-state index < -0.39 is 18.8 Å². The van der Waals surface area contributed by atoms with Crippen LogP contribution in [0.4, 0.5) is 24.7 Å². The summed E-state index contributed by atoms with van der Waals surface area (Å²) >= 11 is 9.05. The predicted molar refractivity (Wildman–Crippen MR) is 87.2 cm³/mol. The van der Waals surface area contributed by atoms with E-state index in [0.717, 1.165) is 11.1 Å². The van der Waals surface area contributed by atoms with Gasteiger partial charge in [0.1, 0.15) is 10.4 Å². The molecule has 3 rings (SSSR count). The van der Waals surface area contributed by atoms with Crippen LogP contribution in [-0.4, -0.2) is 32.9 Å². The summed E-state index contributed by atoms with van der Waals surface area (Å²) in [5.74, 6) is -0.796. The summed E-state index contributed by atoms with van der Waals surface area (Å²) in [6.45, 7) is -0.708. The van der Waals surface area contributed by atoms with Crippen molar-refractivity contribution in [2.24, 2.45) is 0 Å². The zero-order chi connectivity index (χ0) is 17.3. The van der Waals surface area contributed by atoms with Crippen molar-refractivity contribution < 1.29 is 13.2 Å². The van der Waals surface area contributed by atoms with Gasteiger partial charge in [-0.25, -0.2) is 23.1 Å². The molecule has 0 amide bonds. The molecule has 5 nitrogen and oxygen atoms in total. The molecule has 0 aliphatic rings. The zero-order valence-electron chi connectivity index (χ0n) is 11.8. The maximum absolute atomic E-state index is 14.2. The Morgan fingerprint density at radius 2 is 2.04 bits per heavy atom. The Kier molecular flexibility index (Phi) is 4.81. The number of pyridine rings is 2. The van der Waals surface area contributed by atoms with Crippen molar-refractivity contribution in [3.63, 3.8) is 0 Å². The second kappa shape index (κ2) is 6.86. The fourth-order valence-electron chi connectivity index (χ4n) is 2.21. The monoisotopic (exact) mass is 417 g/mol. The molecule has 0 radical (unpaired) electrons. The van der Waals surface area contributed by atoms with E-state index in [1.165, 1.54) is 24.5 Å². The molecule has 0 bridgehead atoms. The lowest BCUT2D eigenvalue weighted by atomic mass is 10.2. The maximum Gasteiger partial charge on any atom is 0.256 e. The third-order valence-corrected chi connectivity index (χ3v) is 3.71. The molecule has 0 atom stereocenters. The van der Waals surface area contributed by atoms with Gasteiger partial charge in [-0.05, 0) is 39.7 Å². The summed E-state index contributed by atoms with van der Waals surface area (Å²) in [6, 6.07) is 3.03. The summed E-state index contributed by atoms with van der Waals surface area (Å²) in [5, 5.41) is -0.236. The van der Waals surface area contributed by atoms with E-state index in [2.05, 4.69) is 35.9 Å². The first-order chi connectivity index (χ1) is 11.5. The highest BCUT2D eigenvalue weighted by Gasteiger charge is 2.22. The SMILES string of the molecule is Fc1cncc2nc(Cl)nc(N(CC(F)F)c3ccnc(Br)c3)c12. The van der Waals surface area contributed by atoms with E-state index in [1.807, 2.05) is 0 Å². The van der Waals surface area contributed by atoms with E-state index in [0.29, 0.717) is 10.3 Å². The van der Waals surface area contributed by atoms with E-state index in [4.69, 9.17) is 11.6 Å². The van der Waals surface area contributed by atoms with Crippen LogP contribution in [0.25, 0.3) is 10.9 Å². The van der Waals surface area contributed by atoms with Crippen LogP contribution in [0.15, 0.2) is 35.3 Å². The van der Waals surface area contributed by atoms with Crippen LogP contribution in [0.2, 0.25) is 5.28 Å². The summed E-state index contributed by atoms with van der Waals surface area (Å²) in [7, 11) is 0. The average Bonchev–Trinajstić information content (AvgIpc) is 2.51. The smallest absolute Gasteiger partial charge is 0.256 e. The number of hydrogen-bond donors (Lipinski definition) is 0. The summed E-state index contributed by atoms with van der Waals surface area (Å²) in [4.78, 5) is 16.7. The lowest BCUT2D eigenvalue weighted by Crippen LogP contribution is -2.25. The van der Waals surface area contributed by atoms with Crippen molar-refractivity contribution >= 4 is 49.9 Å². The first kappa shape index (κ1) is 16.8. The number of rotatable bonds is 4. The van der Waals surface area contributed by atoms with Crippen molar-refractivity contribution in [1.82, 2.24) is 19.9 Å². The molecule has 0 spiro atoms. The third kappa shape index (κ3) is 3.41. The van der Waals surface area contributed by atoms with E-state index in [1.54, 1.807) is 0 Å². The lowest BCUT2D eigenvalue weighted by molar-refractivity contribution is 0.158. The standard InChI is InChI=1S/C14H8BrClF3N5/c15-10-3-7(1-2-21-10)24(6-11(18)19)13-12-8(17)4-20-5-9(12)22-14(16)23-13/h1-5,11H,6H2. The molecule has 0 N–H and O–H groups in total. The van der Waals surface area contributed by atoms with Gasteiger partial charge in [0.25, 0.3) is 6.43 Å². The van der Waals surface area contributed by atoms with Gasteiger partial charge in [-0.3, -0.25) is 4.98 Å². The second-order valence-electron chi connectivity index (χ2n) is 4.67. The Morgan fingerprint density at radius 1 is 1.25 bits per heavy atom. The highest BCUT2D eigenvalue weighted by atomic mass is 79.9.